The molecule has 0 aliphatic carbocycles. The summed E-state index contributed by atoms with van der Waals surface area (Å²) in [4.78, 5) is 37.6. The highest BCUT2D eigenvalue weighted by Gasteiger charge is 2.49. The van der Waals surface area contributed by atoms with E-state index in [1.54, 1.807) is 20.9 Å². The SMILES string of the molecule is CCCCCC(=O)OCN1C(=O)N(C)C(C)(C)C1=O. The van der Waals surface area contributed by atoms with Crippen molar-refractivity contribution in [1.29, 1.82) is 0 Å². The molecule has 0 aromatic rings. The third-order valence-corrected chi connectivity index (χ3v) is 3.46. The number of unbranched alkanes of at least 4 members (excludes halogenated alkanes) is 2. The summed E-state index contributed by atoms with van der Waals surface area (Å²) in [7, 11) is 1.56. The molecule has 3 amide bonds. The molecule has 1 rings (SSSR count). The number of ether oxygens (including phenoxy) is 1. The maximum atomic E-state index is 12.0. The van der Waals surface area contributed by atoms with Crippen LogP contribution < -0.4 is 0 Å². The van der Waals surface area contributed by atoms with Crippen molar-refractivity contribution in [2.75, 3.05) is 13.8 Å². The summed E-state index contributed by atoms with van der Waals surface area (Å²) in [5.74, 6) is -0.720. The van der Waals surface area contributed by atoms with Gasteiger partial charge in [-0.1, -0.05) is 19.8 Å². The van der Waals surface area contributed by atoms with Crippen molar-refractivity contribution in [1.82, 2.24) is 9.80 Å². The molecule has 6 nitrogen and oxygen atoms in total. The molecule has 0 atom stereocenters. The first-order valence-electron chi connectivity index (χ1n) is 6.57. The van der Waals surface area contributed by atoms with Gasteiger partial charge in [0.15, 0.2) is 6.73 Å². The number of hydrogen-bond acceptors (Lipinski definition) is 4. The van der Waals surface area contributed by atoms with Crippen LogP contribution in [0, 0.1) is 0 Å². The fourth-order valence-electron chi connectivity index (χ4n) is 1.82. The van der Waals surface area contributed by atoms with Crippen molar-refractivity contribution < 1.29 is 19.1 Å². The van der Waals surface area contributed by atoms with E-state index in [0.717, 1.165) is 24.2 Å². The van der Waals surface area contributed by atoms with Gasteiger partial charge in [0.25, 0.3) is 5.91 Å². The van der Waals surface area contributed by atoms with E-state index in [9.17, 15) is 14.4 Å². The summed E-state index contributed by atoms with van der Waals surface area (Å²) in [5, 5.41) is 0. The summed E-state index contributed by atoms with van der Waals surface area (Å²) >= 11 is 0. The van der Waals surface area contributed by atoms with Crippen LogP contribution in [0.3, 0.4) is 0 Å². The molecule has 1 heterocycles. The predicted molar refractivity (Wildman–Crippen MR) is 69.2 cm³/mol. The average molecular weight is 270 g/mol. The second-order valence-corrected chi connectivity index (χ2v) is 5.24. The largest absolute Gasteiger partial charge is 0.444 e. The van der Waals surface area contributed by atoms with E-state index < -0.39 is 11.6 Å². The van der Waals surface area contributed by atoms with Gasteiger partial charge in [-0.05, 0) is 20.3 Å². The molecule has 0 radical (unpaired) electrons. The molecule has 0 saturated carbocycles. The van der Waals surface area contributed by atoms with Gasteiger partial charge >= 0.3 is 12.0 Å². The van der Waals surface area contributed by atoms with Gasteiger partial charge in [-0.3, -0.25) is 9.59 Å². The van der Waals surface area contributed by atoms with Gasteiger partial charge in [0.1, 0.15) is 5.54 Å². The van der Waals surface area contributed by atoms with Gasteiger partial charge in [-0.15, -0.1) is 0 Å². The van der Waals surface area contributed by atoms with Crippen LogP contribution in [-0.4, -0.2) is 47.0 Å². The normalized spacial score (nSPS) is 18.1. The van der Waals surface area contributed by atoms with Crippen LogP contribution in [-0.2, 0) is 14.3 Å². The van der Waals surface area contributed by atoms with Crippen LogP contribution >= 0.6 is 0 Å². The Balaban J connectivity index is 2.48. The first-order valence-corrected chi connectivity index (χ1v) is 6.57. The number of hydrogen-bond donors (Lipinski definition) is 0. The lowest BCUT2D eigenvalue weighted by atomic mass is 10.1. The van der Waals surface area contributed by atoms with Crippen molar-refractivity contribution in [2.24, 2.45) is 0 Å². The Morgan fingerprint density at radius 2 is 1.89 bits per heavy atom. The lowest BCUT2D eigenvalue weighted by Gasteiger charge is -2.22. The standard InChI is InChI=1S/C13H22N2O4/c1-5-6-7-8-10(16)19-9-15-11(17)13(2,3)14(4)12(15)18/h5-9H2,1-4H3. The van der Waals surface area contributed by atoms with Crippen LogP contribution in [0.15, 0.2) is 0 Å². The quantitative estimate of drug-likeness (QED) is 0.419. The zero-order valence-electron chi connectivity index (χ0n) is 12.1. The zero-order valence-corrected chi connectivity index (χ0v) is 12.1. The number of carbonyl (C=O) groups excluding carboxylic acids is 3. The summed E-state index contributed by atoms with van der Waals surface area (Å²) in [6.07, 6.45) is 3.08. The van der Waals surface area contributed by atoms with Gasteiger partial charge in [-0.25, -0.2) is 9.69 Å². The fraction of sp³-hybridized carbons (Fsp3) is 0.769. The minimum atomic E-state index is -0.883. The van der Waals surface area contributed by atoms with Crippen molar-refractivity contribution in [2.45, 2.75) is 52.0 Å². The van der Waals surface area contributed by atoms with E-state index >= 15 is 0 Å². The maximum absolute atomic E-state index is 12.0. The highest BCUT2D eigenvalue weighted by molar-refractivity contribution is 6.06. The zero-order chi connectivity index (χ0) is 14.6. The highest BCUT2D eigenvalue weighted by atomic mass is 16.5. The minimum absolute atomic E-state index is 0.295. The Bertz CT molecular complexity index is 379. The molecule has 1 fully saturated rings. The number of imide groups is 1. The fourth-order valence-corrected chi connectivity index (χ4v) is 1.82. The third-order valence-electron chi connectivity index (χ3n) is 3.46. The molecule has 0 aromatic carbocycles. The first kappa shape index (κ1) is 15.5. The van der Waals surface area contributed by atoms with E-state index in [1.807, 2.05) is 6.92 Å². The molecule has 6 heteroatoms. The average Bonchev–Trinajstić information content (AvgIpc) is 2.50. The van der Waals surface area contributed by atoms with Gasteiger partial charge in [0, 0.05) is 13.5 Å². The molecule has 0 bridgehead atoms. The summed E-state index contributed by atoms with van der Waals surface area (Å²) in [6, 6.07) is -0.434. The molecule has 19 heavy (non-hydrogen) atoms. The summed E-state index contributed by atoms with van der Waals surface area (Å²) in [6.45, 7) is 5.08. The molecule has 1 aliphatic rings. The van der Waals surface area contributed by atoms with Crippen molar-refractivity contribution in [3.8, 4) is 0 Å². The molecular formula is C13H22N2O4. The number of carbonyl (C=O) groups is 3. The first-order chi connectivity index (χ1) is 8.82. The number of urea groups is 1. The Hall–Kier alpha value is -1.59. The molecule has 0 spiro atoms. The Labute approximate surface area is 113 Å². The number of nitrogens with zero attached hydrogens (tertiary/aromatic N) is 2. The smallest absolute Gasteiger partial charge is 0.330 e. The Kier molecular flexibility index (Phi) is 4.91. The van der Waals surface area contributed by atoms with Crippen LogP contribution in [0.5, 0.6) is 0 Å². The topological polar surface area (TPSA) is 66.9 Å². The predicted octanol–water partition coefficient (Wildman–Crippen LogP) is 1.74. The van der Waals surface area contributed by atoms with Gasteiger partial charge in [0.2, 0.25) is 0 Å². The summed E-state index contributed by atoms with van der Waals surface area (Å²) < 4.78 is 4.97. The molecule has 0 aromatic heterocycles. The van der Waals surface area contributed by atoms with Crippen LogP contribution in [0.25, 0.3) is 0 Å². The molecule has 0 N–H and O–H groups in total. The lowest BCUT2D eigenvalue weighted by Crippen LogP contribution is -2.41. The van der Waals surface area contributed by atoms with Crippen LogP contribution in [0.1, 0.15) is 46.5 Å². The Morgan fingerprint density at radius 1 is 1.26 bits per heavy atom. The van der Waals surface area contributed by atoms with Gasteiger partial charge in [0.05, 0.1) is 0 Å². The van der Waals surface area contributed by atoms with Crippen LogP contribution in [0.4, 0.5) is 4.79 Å². The number of likely N-dealkylation sites (N-methyl/N-ethyl adjacent to an activating group) is 1. The maximum Gasteiger partial charge on any atom is 0.330 e. The number of amides is 3. The van der Waals surface area contributed by atoms with E-state index in [-0.39, 0.29) is 18.6 Å². The number of esters is 1. The van der Waals surface area contributed by atoms with Crippen molar-refractivity contribution in [3.05, 3.63) is 0 Å². The monoisotopic (exact) mass is 270 g/mol. The minimum Gasteiger partial charge on any atom is -0.444 e. The van der Waals surface area contributed by atoms with Crippen LogP contribution in [0.2, 0.25) is 0 Å². The third kappa shape index (κ3) is 3.24. The molecule has 108 valence electrons. The highest BCUT2D eigenvalue weighted by Crippen LogP contribution is 2.25. The molecule has 0 unspecified atom stereocenters. The molecule has 1 saturated heterocycles. The van der Waals surface area contributed by atoms with Crippen molar-refractivity contribution >= 4 is 17.9 Å². The van der Waals surface area contributed by atoms with E-state index in [0.29, 0.717) is 6.42 Å². The van der Waals surface area contributed by atoms with Gasteiger partial charge < -0.3 is 9.64 Å². The van der Waals surface area contributed by atoms with Gasteiger partial charge in [-0.2, -0.15) is 0 Å². The summed E-state index contributed by atoms with van der Waals surface area (Å²) in [5.41, 5.74) is -0.883. The lowest BCUT2D eigenvalue weighted by molar-refractivity contribution is -0.150. The molecule has 1 aliphatic heterocycles. The van der Waals surface area contributed by atoms with Crippen molar-refractivity contribution in [3.63, 3.8) is 0 Å². The van der Waals surface area contributed by atoms with E-state index in [4.69, 9.17) is 4.74 Å². The second kappa shape index (κ2) is 6.04. The number of rotatable bonds is 6. The van der Waals surface area contributed by atoms with E-state index in [2.05, 4.69) is 0 Å². The molecular weight excluding hydrogens is 248 g/mol. The Morgan fingerprint density at radius 3 is 2.37 bits per heavy atom. The van der Waals surface area contributed by atoms with E-state index in [1.165, 1.54) is 4.90 Å². The second-order valence-electron chi connectivity index (χ2n) is 5.24.